The van der Waals surface area contributed by atoms with Crippen LogP contribution in [-0.2, 0) is 0 Å². The molecule has 1 aromatic heterocycles. The molecule has 0 bridgehead atoms. The summed E-state index contributed by atoms with van der Waals surface area (Å²) in [4.78, 5) is 15.3. The molecule has 0 aliphatic heterocycles. The predicted octanol–water partition coefficient (Wildman–Crippen LogP) is 3.73. The highest BCUT2D eigenvalue weighted by molar-refractivity contribution is 9.10. The highest BCUT2D eigenvalue weighted by Crippen LogP contribution is 2.32. The summed E-state index contributed by atoms with van der Waals surface area (Å²) >= 11 is 3.28. The predicted molar refractivity (Wildman–Crippen MR) is 76.6 cm³/mol. The number of aromatic nitrogens is 1. The molecule has 1 aromatic carbocycles. The number of nitrogens with zero attached hydrogens (tertiary/aromatic N) is 1. The lowest BCUT2D eigenvalue weighted by Gasteiger charge is -2.11. The van der Waals surface area contributed by atoms with Crippen molar-refractivity contribution >= 4 is 21.9 Å². The smallest absolute Gasteiger partial charge is 0.339 e. The van der Waals surface area contributed by atoms with Crippen molar-refractivity contribution in [2.24, 2.45) is 0 Å². The van der Waals surface area contributed by atoms with Crippen molar-refractivity contribution in [3.63, 3.8) is 0 Å². The number of halogens is 1. The number of rotatable bonds is 5. The van der Waals surface area contributed by atoms with E-state index < -0.39 is 5.97 Å². The van der Waals surface area contributed by atoms with E-state index in [-0.39, 0.29) is 17.2 Å². The lowest BCUT2D eigenvalue weighted by atomic mass is 10.2. The first-order valence-electron chi connectivity index (χ1n) is 5.90. The van der Waals surface area contributed by atoms with Gasteiger partial charge in [-0.05, 0) is 37.3 Å². The largest absolute Gasteiger partial charge is 0.488 e. The number of aromatic carboxylic acids is 1. The number of hydrogen-bond acceptors (Lipinski definition) is 4. The lowest BCUT2D eigenvalue weighted by molar-refractivity contribution is 0.0694. The van der Waals surface area contributed by atoms with Crippen molar-refractivity contribution in [2.45, 2.75) is 6.92 Å². The zero-order chi connectivity index (χ0) is 14.5. The van der Waals surface area contributed by atoms with Gasteiger partial charge in [0.2, 0.25) is 0 Å². The number of pyridine rings is 1. The van der Waals surface area contributed by atoms with Crippen molar-refractivity contribution in [3.8, 4) is 17.4 Å². The Labute approximate surface area is 124 Å². The van der Waals surface area contributed by atoms with Gasteiger partial charge in [-0.25, -0.2) is 9.78 Å². The average molecular weight is 338 g/mol. The van der Waals surface area contributed by atoms with E-state index in [0.717, 1.165) is 0 Å². The molecule has 1 N–H and O–H groups in total. The maximum atomic E-state index is 11.2. The Hall–Kier alpha value is -2.08. The highest BCUT2D eigenvalue weighted by Gasteiger charge is 2.15. The van der Waals surface area contributed by atoms with Gasteiger partial charge >= 0.3 is 5.97 Å². The Morgan fingerprint density at radius 2 is 2.15 bits per heavy atom. The van der Waals surface area contributed by atoms with E-state index in [4.69, 9.17) is 14.6 Å². The van der Waals surface area contributed by atoms with Crippen LogP contribution in [0.25, 0.3) is 0 Å². The second kappa shape index (κ2) is 6.38. The summed E-state index contributed by atoms with van der Waals surface area (Å²) < 4.78 is 11.7. The molecule has 0 aliphatic carbocycles. The molecule has 0 atom stereocenters. The Kier molecular flexibility index (Phi) is 4.57. The molecule has 1 heterocycles. The summed E-state index contributed by atoms with van der Waals surface area (Å²) in [5.41, 5.74) is 0.0568. The van der Waals surface area contributed by atoms with Crippen LogP contribution in [0, 0.1) is 0 Å². The Bertz CT molecular complexity index is 630. The van der Waals surface area contributed by atoms with Crippen LogP contribution in [0.5, 0.6) is 17.4 Å². The molecule has 6 heteroatoms. The second-order valence-corrected chi connectivity index (χ2v) is 4.70. The first kappa shape index (κ1) is 14.3. The normalized spacial score (nSPS) is 10.1. The van der Waals surface area contributed by atoms with Crippen LogP contribution in [0.4, 0.5) is 0 Å². The molecular formula is C14H12BrNO4. The first-order valence-corrected chi connectivity index (χ1v) is 6.69. The summed E-state index contributed by atoms with van der Waals surface area (Å²) in [6, 6.07) is 8.11. The molecule has 104 valence electrons. The van der Waals surface area contributed by atoms with E-state index >= 15 is 0 Å². The number of hydrogen-bond donors (Lipinski definition) is 1. The fraction of sp³-hybridized carbons (Fsp3) is 0.143. The number of ether oxygens (including phenoxy) is 2. The van der Waals surface area contributed by atoms with Crippen LogP contribution in [0.2, 0.25) is 0 Å². The molecule has 0 spiro atoms. The topological polar surface area (TPSA) is 68.7 Å². The third-order valence-corrected chi connectivity index (χ3v) is 2.91. The van der Waals surface area contributed by atoms with E-state index in [9.17, 15) is 4.79 Å². The van der Waals surface area contributed by atoms with Gasteiger partial charge in [-0.15, -0.1) is 0 Å². The minimum atomic E-state index is -1.07. The Morgan fingerprint density at radius 3 is 2.85 bits per heavy atom. The summed E-state index contributed by atoms with van der Waals surface area (Å²) in [5, 5.41) is 9.16. The van der Waals surface area contributed by atoms with Crippen LogP contribution in [0.1, 0.15) is 17.3 Å². The van der Waals surface area contributed by atoms with Gasteiger partial charge < -0.3 is 14.6 Å². The number of carboxylic acid groups (broad SMARTS) is 1. The molecular weight excluding hydrogens is 326 g/mol. The first-order chi connectivity index (χ1) is 9.61. The Morgan fingerprint density at radius 1 is 1.35 bits per heavy atom. The highest BCUT2D eigenvalue weighted by atomic mass is 79.9. The van der Waals surface area contributed by atoms with Gasteiger partial charge in [0.05, 0.1) is 6.61 Å². The number of carbonyl (C=O) groups is 1. The molecule has 0 saturated heterocycles. The summed E-state index contributed by atoms with van der Waals surface area (Å²) in [5.74, 6) is -0.172. The van der Waals surface area contributed by atoms with Gasteiger partial charge in [-0.3, -0.25) is 0 Å². The summed E-state index contributed by atoms with van der Waals surface area (Å²) in [6.07, 6.45) is 1.55. The Balaban J connectivity index is 2.39. The standard InChI is InChI=1S/C14H12BrNO4/c1-2-19-11-4-3-7-16-13(11)20-12-8-9(15)5-6-10(12)14(17)18/h3-8H,2H2,1H3,(H,17,18). The number of carboxylic acids is 1. The third-order valence-electron chi connectivity index (χ3n) is 2.42. The van der Waals surface area contributed by atoms with Gasteiger partial charge in [0.1, 0.15) is 11.3 Å². The fourth-order valence-electron chi connectivity index (χ4n) is 1.58. The molecule has 20 heavy (non-hydrogen) atoms. The van der Waals surface area contributed by atoms with Crippen LogP contribution < -0.4 is 9.47 Å². The van der Waals surface area contributed by atoms with E-state index in [1.807, 2.05) is 6.92 Å². The maximum absolute atomic E-state index is 11.2. The maximum Gasteiger partial charge on any atom is 0.339 e. The zero-order valence-corrected chi connectivity index (χ0v) is 12.3. The van der Waals surface area contributed by atoms with Crippen molar-refractivity contribution in [3.05, 3.63) is 46.6 Å². The molecule has 0 saturated carbocycles. The zero-order valence-electron chi connectivity index (χ0n) is 10.7. The molecule has 2 aromatic rings. The van der Waals surface area contributed by atoms with E-state index in [1.54, 1.807) is 30.5 Å². The molecule has 0 fully saturated rings. The van der Waals surface area contributed by atoms with E-state index in [2.05, 4.69) is 20.9 Å². The average Bonchev–Trinajstić information content (AvgIpc) is 2.41. The van der Waals surface area contributed by atoms with Gasteiger partial charge in [0.15, 0.2) is 5.75 Å². The summed E-state index contributed by atoms with van der Waals surface area (Å²) in [7, 11) is 0. The molecule has 2 rings (SSSR count). The SMILES string of the molecule is CCOc1cccnc1Oc1cc(Br)ccc1C(=O)O. The van der Waals surface area contributed by atoms with Gasteiger partial charge in [0.25, 0.3) is 5.88 Å². The minimum Gasteiger partial charge on any atom is -0.488 e. The van der Waals surface area contributed by atoms with Gasteiger partial charge in [0, 0.05) is 10.7 Å². The van der Waals surface area contributed by atoms with Crippen LogP contribution in [0.15, 0.2) is 41.0 Å². The minimum absolute atomic E-state index is 0.0568. The van der Waals surface area contributed by atoms with E-state index in [0.29, 0.717) is 16.8 Å². The van der Waals surface area contributed by atoms with E-state index in [1.165, 1.54) is 6.07 Å². The lowest BCUT2D eigenvalue weighted by Crippen LogP contribution is -2.02. The van der Waals surface area contributed by atoms with Gasteiger partial charge in [-0.2, -0.15) is 0 Å². The quantitative estimate of drug-likeness (QED) is 0.900. The van der Waals surface area contributed by atoms with Crippen LogP contribution >= 0.6 is 15.9 Å². The fourth-order valence-corrected chi connectivity index (χ4v) is 1.92. The van der Waals surface area contributed by atoms with Crippen LogP contribution in [0.3, 0.4) is 0 Å². The van der Waals surface area contributed by atoms with Crippen LogP contribution in [-0.4, -0.2) is 22.7 Å². The molecule has 0 amide bonds. The van der Waals surface area contributed by atoms with Crippen molar-refractivity contribution < 1.29 is 19.4 Å². The second-order valence-electron chi connectivity index (χ2n) is 3.79. The molecule has 0 radical (unpaired) electrons. The van der Waals surface area contributed by atoms with Crippen molar-refractivity contribution in [2.75, 3.05) is 6.61 Å². The van der Waals surface area contributed by atoms with Gasteiger partial charge in [-0.1, -0.05) is 15.9 Å². The molecule has 0 aliphatic rings. The summed E-state index contributed by atoms with van der Waals surface area (Å²) in [6.45, 7) is 2.31. The number of benzene rings is 1. The molecule has 0 unspecified atom stereocenters. The van der Waals surface area contributed by atoms with Crippen molar-refractivity contribution in [1.29, 1.82) is 0 Å². The third kappa shape index (κ3) is 3.27. The molecule has 5 nitrogen and oxygen atoms in total. The monoisotopic (exact) mass is 337 g/mol. The van der Waals surface area contributed by atoms with Crippen molar-refractivity contribution in [1.82, 2.24) is 4.98 Å².